The topological polar surface area (TPSA) is 76.5 Å². The lowest BCUT2D eigenvalue weighted by atomic mass is 10.1. The van der Waals surface area contributed by atoms with Crippen molar-refractivity contribution in [1.82, 2.24) is 19.8 Å². The number of hydrogen-bond acceptors (Lipinski definition) is 4. The standard InChI is InChI=1S/C21H28N4O3/c1-21(2,3)28-20(27)25-10-9-17(13-25)11-22-19(26)18-14-24(15-23-18)12-16-7-5-4-6-8-16/h4-8,14-15,17H,9-13H2,1-3H3,(H,22,26). The summed E-state index contributed by atoms with van der Waals surface area (Å²) in [5.74, 6) is 0.0328. The van der Waals surface area contributed by atoms with Gasteiger partial charge in [0, 0.05) is 32.4 Å². The van der Waals surface area contributed by atoms with Gasteiger partial charge in [-0.2, -0.15) is 0 Å². The zero-order valence-electron chi connectivity index (χ0n) is 16.7. The van der Waals surface area contributed by atoms with Crippen LogP contribution in [0.25, 0.3) is 0 Å². The number of aromatic nitrogens is 2. The Kier molecular flexibility index (Phi) is 6.02. The van der Waals surface area contributed by atoms with Gasteiger partial charge in [-0.25, -0.2) is 9.78 Å². The molecule has 1 fully saturated rings. The van der Waals surface area contributed by atoms with Crippen molar-refractivity contribution in [2.24, 2.45) is 5.92 Å². The Hall–Kier alpha value is -2.83. The number of nitrogens with zero attached hydrogens (tertiary/aromatic N) is 3. The van der Waals surface area contributed by atoms with Gasteiger partial charge in [0.15, 0.2) is 0 Å². The molecule has 1 saturated heterocycles. The second-order valence-electron chi connectivity index (χ2n) is 8.21. The van der Waals surface area contributed by atoms with E-state index in [1.807, 2.05) is 55.7 Å². The lowest BCUT2D eigenvalue weighted by Gasteiger charge is -2.24. The summed E-state index contributed by atoms with van der Waals surface area (Å²) in [6.45, 7) is 8.01. The van der Waals surface area contributed by atoms with E-state index in [2.05, 4.69) is 10.3 Å². The van der Waals surface area contributed by atoms with Gasteiger partial charge in [0.25, 0.3) is 5.91 Å². The number of nitrogens with one attached hydrogen (secondary N) is 1. The van der Waals surface area contributed by atoms with E-state index >= 15 is 0 Å². The van der Waals surface area contributed by atoms with Crippen LogP contribution in [0.15, 0.2) is 42.9 Å². The van der Waals surface area contributed by atoms with Crippen molar-refractivity contribution >= 4 is 12.0 Å². The van der Waals surface area contributed by atoms with Gasteiger partial charge in [0.2, 0.25) is 0 Å². The third-order valence-electron chi connectivity index (χ3n) is 4.56. The summed E-state index contributed by atoms with van der Waals surface area (Å²) in [5, 5.41) is 2.93. The van der Waals surface area contributed by atoms with Crippen LogP contribution in [0.2, 0.25) is 0 Å². The Morgan fingerprint density at radius 2 is 2.00 bits per heavy atom. The van der Waals surface area contributed by atoms with Gasteiger partial charge < -0.3 is 19.5 Å². The highest BCUT2D eigenvalue weighted by Crippen LogP contribution is 2.19. The van der Waals surface area contributed by atoms with Crippen LogP contribution in [-0.2, 0) is 11.3 Å². The highest BCUT2D eigenvalue weighted by molar-refractivity contribution is 5.92. The van der Waals surface area contributed by atoms with Crippen LogP contribution in [0.3, 0.4) is 0 Å². The fourth-order valence-electron chi connectivity index (χ4n) is 3.18. The Bertz CT molecular complexity index is 811. The third kappa shape index (κ3) is 5.58. The van der Waals surface area contributed by atoms with Gasteiger partial charge in [0.1, 0.15) is 11.3 Å². The van der Waals surface area contributed by atoms with Crippen molar-refractivity contribution in [3.8, 4) is 0 Å². The third-order valence-corrected chi connectivity index (χ3v) is 4.56. The molecule has 7 nitrogen and oxygen atoms in total. The average molecular weight is 384 g/mol. The minimum absolute atomic E-state index is 0.192. The number of hydrogen-bond donors (Lipinski definition) is 1. The van der Waals surface area contributed by atoms with Crippen LogP contribution in [0.4, 0.5) is 4.79 Å². The Labute approximate surface area is 165 Å². The van der Waals surface area contributed by atoms with E-state index in [4.69, 9.17) is 4.74 Å². The van der Waals surface area contributed by atoms with Gasteiger partial charge >= 0.3 is 6.09 Å². The Morgan fingerprint density at radius 3 is 2.71 bits per heavy atom. The maximum Gasteiger partial charge on any atom is 0.410 e. The van der Waals surface area contributed by atoms with Crippen LogP contribution in [0.1, 0.15) is 43.2 Å². The van der Waals surface area contributed by atoms with Crippen LogP contribution < -0.4 is 5.32 Å². The first-order chi connectivity index (χ1) is 13.3. The molecular formula is C21H28N4O3. The quantitative estimate of drug-likeness (QED) is 0.860. The van der Waals surface area contributed by atoms with E-state index in [1.165, 1.54) is 0 Å². The summed E-state index contributed by atoms with van der Waals surface area (Å²) >= 11 is 0. The lowest BCUT2D eigenvalue weighted by Crippen LogP contribution is -2.36. The second-order valence-corrected chi connectivity index (χ2v) is 8.21. The largest absolute Gasteiger partial charge is 0.444 e. The van der Waals surface area contributed by atoms with Gasteiger partial charge in [-0.15, -0.1) is 0 Å². The molecule has 28 heavy (non-hydrogen) atoms. The maximum absolute atomic E-state index is 12.4. The van der Waals surface area contributed by atoms with E-state index in [9.17, 15) is 9.59 Å². The number of benzene rings is 1. The zero-order chi connectivity index (χ0) is 20.1. The highest BCUT2D eigenvalue weighted by Gasteiger charge is 2.30. The molecule has 1 aromatic heterocycles. The molecule has 7 heteroatoms. The number of imidazole rings is 1. The van der Waals surface area contributed by atoms with Crippen molar-refractivity contribution in [2.45, 2.75) is 39.3 Å². The second kappa shape index (κ2) is 8.46. The first kappa shape index (κ1) is 19.9. The average Bonchev–Trinajstić information content (AvgIpc) is 3.29. The van der Waals surface area contributed by atoms with Crippen LogP contribution >= 0.6 is 0 Å². The summed E-state index contributed by atoms with van der Waals surface area (Å²) in [6.07, 6.45) is 3.98. The molecule has 1 aliphatic heterocycles. The molecule has 150 valence electrons. The molecule has 0 saturated carbocycles. The summed E-state index contributed by atoms with van der Waals surface area (Å²) < 4.78 is 7.30. The van der Waals surface area contributed by atoms with Crippen molar-refractivity contribution in [3.05, 3.63) is 54.1 Å². The Morgan fingerprint density at radius 1 is 1.25 bits per heavy atom. The fraction of sp³-hybridized carbons (Fsp3) is 0.476. The number of amides is 2. The van der Waals surface area contributed by atoms with Crippen molar-refractivity contribution in [2.75, 3.05) is 19.6 Å². The molecule has 1 aliphatic rings. The van der Waals surface area contributed by atoms with Gasteiger partial charge in [-0.05, 0) is 38.7 Å². The summed E-state index contributed by atoms with van der Waals surface area (Å²) in [5.41, 5.74) is 1.06. The molecule has 0 bridgehead atoms. The van der Waals surface area contributed by atoms with Gasteiger partial charge in [0.05, 0.1) is 6.33 Å². The van der Waals surface area contributed by atoms with E-state index < -0.39 is 5.60 Å². The van der Waals surface area contributed by atoms with Crippen LogP contribution in [0, 0.1) is 5.92 Å². The molecule has 1 aromatic carbocycles. The van der Waals surface area contributed by atoms with E-state index in [1.54, 1.807) is 17.4 Å². The predicted octanol–water partition coefficient (Wildman–Crippen LogP) is 2.92. The molecule has 1 unspecified atom stereocenters. The number of likely N-dealkylation sites (tertiary alicyclic amines) is 1. The van der Waals surface area contributed by atoms with Gasteiger partial charge in [-0.1, -0.05) is 30.3 Å². The molecule has 0 spiro atoms. The molecule has 1 atom stereocenters. The SMILES string of the molecule is CC(C)(C)OC(=O)N1CCC(CNC(=O)c2cn(Cc3ccccc3)cn2)C1. The first-order valence-electron chi connectivity index (χ1n) is 9.62. The molecule has 3 rings (SSSR count). The highest BCUT2D eigenvalue weighted by atomic mass is 16.6. The number of carbonyl (C=O) groups excluding carboxylic acids is 2. The van der Waals surface area contributed by atoms with E-state index in [0.717, 1.165) is 12.0 Å². The van der Waals surface area contributed by atoms with Crippen LogP contribution in [0.5, 0.6) is 0 Å². The lowest BCUT2D eigenvalue weighted by molar-refractivity contribution is 0.0288. The normalized spacial score (nSPS) is 16.8. The number of rotatable bonds is 5. The van der Waals surface area contributed by atoms with E-state index in [-0.39, 0.29) is 17.9 Å². The van der Waals surface area contributed by atoms with Crippen LogP contribution in [-0.4, -0.2) is 51.7 Å². The Balaban J connectivity index is 1.45. The molecule has 0 aliphatic carbocycles. The zero-order valence-corrected chi connectivity index (χ0v) is 16.7. The molecule has 2 aromatic rings. The van der Waals surface area contributed by atoms with Crippen molar-refractivity contribution in [1.29, 1.82) is 0 Å². The molecule has 2 amide bonds. The molecule has 0 radical (unpaired) electrons. The summed E-state index contributed by atoms with van der Waals surface area (Å²) in [6, 6.07) is 10.0. The minimum atomic E-state index is -0.498. The molecule has 2 heterocycles. The number of ether oxygens (including phenoxy) is 1. The smallest absolute Gasteiger partial charge is 0.410 e. The fourth-order valence-corrected chi connectivity index (χ4v) is 3.18. The minimum Gasteiger partial charge on any atom is -0.444 e. The first-order valence-corrected chi connectivity index (χ1v) is 9.62. The summed E-state index contributed by atoms with van der Waals surface area (Å²) in [4.78, 5) is 30.4. The van der Waals surface area contributed by atoms with E-state index in [0.29, 0.717) is 31.9 Å². The number of carbonyl (C=O) groups is 2. The molecule has 1 N–H and O–H groups in total. The summed E-state index contributed by atoms with van der Waals surface area (Å²) in [7, 11) is 0. The maximum atomic E-state index is 12.4. The monoisotopic (exact) mass is 384 g/mol. The van der Waals surface area contributed by atoms with Crippen molar-refractivity contribution < 1.29 is 14.3 Å². The predicted molar refractivity (Wildman–Crippen MR) is 106 cm³/mol. The molecular weight excluding hydrogens is 356 g/mol. The van der Waals surface area contributed by atoms with Crippen molar-refractivity contribution in [3.63, 3.8) is 0 Å². The van der Waals surface area contributed by atoms with Gasteiger partial charge in [-0.3, -0.25) is 4.79 Å².